The van der Waals surface area contributed by atoms with E-state index < -0.39 is 5.60 Å². The summed E-state index contributed by atoms with van der Waals surface area (Å²) in [4.78, 5) is 0. The summed E-state index contributed by atoms with van der Waals surface area (Å²) in [5, 5.41) is 12.0. The second-order valence-corrected chi connectivity index (χ2v) is 7.48. The van der Waals surface area contributed by atoms with Crippen molar-refractivity contribution in [3.05, 3.63) is 95.6 Å². The van der Waals surface area contributed by atoms with Gasteiger partial charge >= 0.3 is 0 Å². The monoisotopic (exact) mass is 314 g/mol. The highest BCUT2D eigenvalue weighted by Crippen LogP contribution is 2.60. The van der Waals surface area contributed by atoms with Crippen molar-refractivity contribution in [1.82, 2.24) is 0 Å². The Labute approximate surface area is 143 Å². The van der Waals surface area contributed by atoms with Crippen molar-refractivity contribution in [3.8, 4) is 0 Å². The lowest BCUT2D eigenvalue weighted by Gasteiger charge is -2.37. The summed E-state index contributed by atoms with van der Waals surface area (Å²) in [5.74, 6) is 2.50. The lowest BCUT2D eigenvalue weighted by atomic mass is 9.70. The molecule has 0 aliphatic heterocycles. The fourth-order valence-electron chi connectivity index (χ4n) is 5.34. The molecule has 2 bridgehead atoms. The molecular weight excluding hydrogens is 292 g/mol. The van der Waals surface area contributed by atoms with E-state index in [2.05, 4.69) is 42.5 Å². The summed E-state index contributed by atoms with van der Waals surface area (Å²) in [6.45, 7) is 0. The van der Waals surface area contributed by atoms with Crippen LogP contribution in [0.4, 0.5) is 0 Å². The molecule has 120 valence electrons. The van der Waals surface area contributed by atoms with Gasteiger partial charge in [-0.15, -0.1) is 0 Å². The molecule has 0 saturated heterocycles. The minimum Gasteiger partial charge on any atom is -0.376 e. The highest BCUT2D eigenvalue weighted by atomic mass is 16.3. The summed E-state index contributed by atoms with van der Waals surface area (Å²) < 4.78 is 0. The van der Waals surface area contributed by atoms with Crippen LogP contribution in [0.3, 0.4) is 0 Å². The van der Waals surface area contributed by atoms with Gasteiger partial charge in [0.15, 0.2) is 0 Å². The van der Waals surface area contributed by atoms with Crippen molar-refractivity contribution in [2.45, 2.75) is 18.4 Å². The molecular formula is C23H22O. The number of aliphatic hydroxyl groups is 1. The SMILES string of the molecule is OC(C1=C[C@H]2C[C@@H]1[C@@H]1C=CC[C@H]12)(c1ccccc1)c1ccccc1. The normalized spacial score (nSPS) is 30.5. The first-order chi connectivity index (χ1) is 11.8. The minimum absolute atomic E-state index is 0.476. The van der Waals surface area contributed by atoms with E-state index in [9.17, 15) is 5.11 Å². The van der Waals surface area contributed by atoms with Crippen LogP contribution in [0, 0.1) is 23.7 Å². The molecule has 0 amide bonds. The van der Waals surface area contributed by atoms with Crippen molar-refractivity contribution >= 4 is 0 Å². The van der Waals surface area contributed by atoms with Crippen LogP contribution in [0.5, 0.6) is 0 Å². The Balaban J connectivity index is 1.67. The summed E-state index contributed by atoms with van der Waals surface area (Å²) in [5.41, 5.74) is 2.17. The molecule has 2 aromatic rings. The Hall–Kier alpha value is -2.12. The number of allylic oxidation sites excluding steroid dienone is 3. The molecule has 24 heavy (non-hydrogen) atoms. The van der Waals surface area contributed by atoms with Gasteiger partial charge in [-0.25, -0.2) is 0 Å². The van der Waals surface area contributed by atoms with Crippen LogP contribution in [0.25, 0.3) is 0 Å². The minimum atomic E-state index is -1.01. The van der Waals surface area contributed by atoms with Crippen molar-refractivity contribution in [2.75, 3.05) is 0 Å². The lowest BCUT2D eigenvalue weighted by Crippen LogP contribution is -2.35. The smallest absolute Gasteiger partial charge is 0.136 e. The predicted octanol–water partition coefficient (Wildman–Crippen LogP) is 4.69. The molecule has 1 nitrogen and oxygen atoms in total. The van der Waals surface area contributed by atoms with Crippen molar-refractivity contribution in [1.29, 1.82) is 0 Å². The Morgan fingerprint density at radius 1 is 0.875 bits per heavy atom. The Morgan fingerprint density at radius 3 is 2.12 bits per heavy atom. The number of hydrogen-bond donors (Lipinski definition) is 1. The average molecular weight is 314 g/mol. The summed E-state index contributed by atoms with van der Waals surface area (Å²) in [6, 6.07) is 20.3. The Kier molecular flexibility index (Phi) is 3.08. The molecule has 4 atom stereocenters. The number of benzene rings is 2. The van der Waals surface area contributed by atoms with Crippen molar-refractivity contribution in [3.63, 3.8) is 0 Å². The van der Waals surface area contributed by atoms with Gasteiger partial charge in [0.1, 0.15) is 5.60 Å². The predicted molar refractivity (Wildman–Crippen MR) is 96.3 cm³/mol. The molecule has 1 N–H and O–H groups in total. The van der Waals surface area contributed by atoms with E-state index in [-0.39, 0.29) is 0 Å². The summed E-state index contributed by atoms with van der Waals surface area (Å²) >= 11 is 0. The van der Waals surface area contributed by atoms with Crippen molar-refractivity contribution in [2.24, 2.45) is 23.7 Å². The third kappa shape index (κ3) is 1.85. The third-order valence-corrected chi connectivity index (χ3v) is 6.40. The average Bonchev–Trinajstić information content (AvgIpc) is 3.35. The summed E-state index contributed by atoms with van der Waals surface area (Å²) in [7, 11) is 0. The first-order valence-electron chi connectivity index (χ1n) is 9.01. The Morgan fingerprint density at radius 2 is 1.50 bits per heavy atom. The third-order valence-electron chi connectivity index (χ3n) is 6.40. The Bertz CT molecular complexity index is 763. The second-order valence-electron chi connectivity index (χ2n) is 7.48. The zero-order valence-corrected chi connectivity index (χ0v) is 13.7. The maximum Gasteiger partial charge on any atom is 0.136 e. The van der Waals surface area contributed by atoms with E-state index in [4.69, 9.17) is 0 Å². The first-order valence-corrected chi connectivity index (χ1v) is 9.01. The number of rotatable bonds is 3. The molecule has 1 saturated carbocycles. The summed E-state index contributed by atoms with van der Waals surface area (Å²) in [6.07, 6.45) is 9.56. The maximum atomic E-state index is 12.0. The largest absolute Gasteiger partial charge is 0.376 e. The quantitative estimate of drug-likeness (QED) is 0.815. The molecule has 1 heteroatoms. The molecule has 0 radical (unpaired) electrons. The van der Waals surface area contributed by atoms with Gasteiger partial charge in [-0.2, -0.15) is 0 Å². The molecule has 0 spiro atoms. The van der Waals surface area contributed by atoms with Crippen LogP contribution in [0.1, 0.15) is 24.0 Å². The molecule has 0 unspecified atom stereocenters. The first kappa shape index (κ1) is 14.2. The zero-order valence-electron chi connectivity index (χ0n) is 13.7. The van der Waals surface area contributed by atoms with Crippen LogP contribution in [-0.2, 0) is 5.60 Å². The number of fused-ring (bicyclic) bond motifs is 5. The topological polar surface area (TPSA) is 20.2 Å². The highest BCUT2D eigenvalue weighted by molar-refractivity contribution is 5.49. The van der Waals surface area contributed by atoms with E-state index in [0.717, 1.165) is 17.0 Å². The van der Waals surface area contributed by atoms with Crippen LogP contribution < -0.4 is 0 Å². The van der Waals surface area contributed by atoms with Crippen LogP contribution in [0.2, 0.25) is 0 Å². The fourth-order valence-corrected chi connectivity index (χ4v) is 5.34. The molecule has 3 aliphatic carbocycles. The van der Waals surface area contributed by atoms with Gasteiger partial charge in [0.2, 0.25) is 0 Å². The van der Waals surface area contributed by atoms with E-state index in [1.54, 1.807) is 0 Å². The van der Waals surface area contributed by atoms with Gasteiger partial charge in [-0.1, -0.05) is 78.9 Å². The molecule has 0 heterocycles. The molecule has 5 rings (SSSR count). The van der Waals surface area contributed by atoms with Gasteiger partial charge in [0.25, 0.3) is 0 Å². The van der Waals surface area contributed by atoms with Crippen LogP contribution >= 0.6 is 0 Å². The van der Waals surface area contributed by atoms with Gasteiger partial charge in [-0.3, -0.25) is 0 Å². The maximum absolute atomic E-state index is 12.0. The van der Waals surface area contributed by atoms with Gasteiger partial charge in [0, 0.05) is 0 Å². The fraction of sp³-hybridized carbons (Fsp3) is 0.304. The second kappa shape index (κ2) is 5.19. The zero-order chi connectivity index (χ0) is 16.1. The molecule has 2 aromatic carbocycles. The van der Waals surface area contributed by atoms with E-state index in [1.165, 1.54) is 18.4 Å². The van der Waals surface area contributed by atoms with E-state index in [0.29, 0.717) is 17.8 Å². The molecule has 0 aromatic heterocycles. The van der Waals surface area contributed by atoms with Gasteiger partial charge in [-0.05, 0) is 53.2 Å². The highest BCUT2D eigenvalue weighted by Gasteiger charge is 2.53. The standard InChI is InChI=1S/C23H22O/c24-23(17-8-3-1-4-9-17,18-10-5-2-6-11-18)22-15-16-14-21(22)20-13-7-12-19(16)20/h1-11,13,15-16,19-21,24H,12,14H2/t16-,19+,20-,21-/m1/s1. The molecule has 3 aliphatic rings. The van der Waals surface area contributed by atoms with E-state index >= 15 is 0 Å². The number of hydrogen-bond acceptors (Lipinski definition) is 1. The van der Waals surface area contributed by atoms with Gasteiger partial charge < -0.3 is 5.11 Å². The van der Waals surface area contributed by atoms with Crippen molar-refractivity contribution < 1.29 is 5.11 Å². The van der Waals surface area contributed by atoms with E-state index in [1.807, 2.05) is 36.4 Å². The van der Waals surface area contributed by atoms with Crippen LogP contribution in [0.15, 0.2) is 84.5 Å². The van der Waals surface area contributed by atoms with Gasteiger partial charge in [0.05, 0.1) is 0 Å². The van der Waals surface area contributed by atoms with Crippen LogP contribution in [-0.4, -0.2) is 5.11 Å². The molecule has 1 fully saturated rings. The lowest BCUT2D eigenvalue weighted by molar-refractivity contribution is 0.104.